The highest BCUT2D eigenvalue weighted by molar-refractivity contribution is 7.13. The molecular weight excluding hydrogens is 336 g/mol. The minimum Gasteiger partial charge on any atom is -0.418 e. The van der Waals surface area contributed by atoms with Gasteiger partial charge in [-0.2, -0.15) is 0 Å². The molecule has 0 N–H and O–H groups in total. The van der Waals surface area contributed by atoms with Crippen molar-refractivity contribution in [1.82, 2.24) is 20.0 Å². The van der Waals surface area contributed by atoms with Crippen LogP contribution in [0.2, 0.25) is 0 Å². The smallest absolute Gasteiger partial charge is 0.257 e. The normalized spacial score (nSPS) is 25.6. The number of nitrogens with zero attached hydrogens (tertiary/aromatic N) is 4. The van der Waals surface area contributed by atoms with E-state index in [9.17, 15) is 4.79 Å². The number of hydrogen-bond donors (Lipinski definition) is 0. The summed E-state index contributed by atoms with van der Waals surface area (Å²) in [6, 6.07) is 4.76. The molecule has 2 aliphatic rings. The lowest BCUT2D eigenvalue weighted by atomic mass is 10.0. The third-order valence-electron chi connectivity index (χ3n) is 5.52. The van der Waals surface area contributed by atoms with Gasteiger partial charge in [-0.05, 0) is 50.6 Å². The molecule has 0 radical (unpaired) electrons. The Morgan fingerprint density at radius 3 is 2.84 bits per heavy atom. The van der Waals surface area contributed by atoms with Gasteiger partial charge in [0.2, 0.25) is 11.8 Å². The van der Waals surface area contributed by atoms with Crippen LogP contribution in [0.25, 0.3) is 10.8 Å². The van der Waals surface area contributed by atoms with Gasteiger partial charge in [0.15, 0.2) is 0 Å². The highest BCUT2D eigenvalue weighted by Crippen LogP contribution is 2.36. The second-order valence-electron chi connectivity index (χ2n) is 6.97. The molecule has 6 nitrogen and oxygen atoms in total. The van der Waals surface area contributed by atoms with Gasteiger partial charge in [0.25, 0.3) is 5.89 Å². The Labute approximate surface area is 151 Å². The summed E-state index contributed by atoms with van der Waals surface area (Å²) in [4.78, 5) is 17.5. The first kappa shape index (κ1) is 16.7. The molecule has 2 saturated heterocycles. The highest BCUT2D eigenvalue weighted by Gasteiger charge is 2.41. The number of likely N-dealkylation sites (tertiary alicyclic amines) is 2. The molecule has 0 unspecified atom stereocenters. The van der Waals surface area contributed by atoms with E-state index in [1.54, 1.807) is 18.3 Å². The summed E-state index contributed by atoms with van der Waals surface area (Å²) in [6.45, 7) is 5.73. The number of thiophene rings is 1. The van der Waals surface area contributed by atoms with Gasteiger partial charge in [-0.25, -0.2) is 0 Å². The van der Waals surface area contributed by atoms with Crippen molar-refractivity contribution in [3.63, 3.8) is 0 Å². The predicted octanol–water partition coefficient (Wildman–Crippen LogP) is 3.33. The van der Waals surface area contributed by atoms with E-state index in [4.69, 9.17) is 4.42 Å². The van der Waals surface area contributed by atoms with E-state index in [-0.39, 0.29) is 11.9 Å². The maximum absolute atomic E-state index is 12.0. The molecule has 2 aliphatic heterocycles. The van der Waals surface area contributed by atoms with Gasteiger partial charge in [0.1, 0.15) is 0 Å². The number of rotatable bonds is 4. The summed E-state index contributed by atoms with van der Waals surface area (Å²) in [5.74, 6) is 1.46. The van der Waals surface area contributed by atoms with E-state index >= 15 is 0 Å². The quantitative estimate of drug-likeness (QED) is 0.837. The fourth-order valence-corrected chi connectivity index (χ4v) is 4.98. The summed E-state index contributed by atoms with van der Waals surface area (Å²) in [5, 5.41) is 10.5. The van der Waals surface area contributed by atoms with Crippen molar-refractivity contribution in [3.8, 4) is 10.8 Å². The van der Waals surface area contributed by atoms with E-state index in [0.717, 1.165) is 43.6 Å². The molecule has 1 amide bonds. The SMILES string of the molecule is CC(=O)N1CCC[C@@H]1[C@@H]1CCCN1[C@H](C)c1nnc(-c2cccs2)o1. The Balaban J connectivity index is 1.53. The van der Waals surface area contributed by atoms with Crippen molar-refractivity contribution in [2.45, 2.75) is 57.7 Å². The van der Waals surface area contributed by atoms with Crippen molar-refractivity contribution < 1.29 is 9.21 Å². The number of carbonyl (C=O) groups excluding carboxylic acids is 1. The zero-order chi connectivity index (χ0) is 17.4. The Kier molecular flexibility index (Phi) is 4.60. The summed E-state index contributed by atoms with van der Waals surface area (Å²) in [7, 11) is 0. The summed E-state index contributed by atoms with van der Waals surface area (Å²) < 4.78 is 5.95. The number of hydrogen-bond acceptors (Lipinski definition) is 6. The molecule has 0 aliphatic carbocycles. The molecule has 0 bridgehead atoms. The van der Waals surface area contributed by atoms with Gasteiger partial charge in [-0.1, -0.05) is 6.07 Å². The average Bonchev–Trinajstić information content (AvgIpc) is 3.41. The first-order valence-corrected chi connectivity index (χ1v) is 9.93. The number of aromatic nitrogens is 2. The van der Waals surface area contributed by atoms with Crippen LogP contribution in [0.3, 0.4) is 0 Å². The van der Waals surface area contributed by atoms with Crippen LogP contribution in [0.1, 0.15) is 51.5 Å². The molecular formula is C18H24N4O2S. The van der Waals surface area contributed by atoms with Crippen LogP contribution in [0.15, 0.2) is 21.9 Å². The van der Waals surface area contributed by atoms with Gasteiger partial charge in [-0.3, -0.25) is 9.69 Å². The lowest BCUT2D eigenvalue weighted by Crippen LogP contribution is -2.48. The van der Waals surface area contributed by atoms with Gasteiger partial charge >= 0.3 is 0 Å². The molecule has 25 heavy (non-hydrogen) atoms. The van der Waals surface area contributed by atoms with Gasteiger partial charge in [0, 0.05) is 25.6 Å². The Hall–Kier alpha value is -1.73. The van der Waals surface area contributed by atoms with Crippen molar-refractivity contribution in [2.75, 3.05) is 13.1 Å². The second-order valence-corrected chi connectivity index (χ2v) is 7.92. The monoisotopic (exact) mass is 360 g/mol. The summed E-state index contributed by atoms with van der Waals surface area (Å²) >= 11 is 1.60. The molecule has 2 aromatic rings. The lowest BCUT2D eigenvalue weighted by molar-refractivity contribution is -0.130. The van der Waals surface area contributed by atoms with Gasteiger partial charge in [0.05, 0.1) is 10.9 Å². The maximum atomic E-state index is 12.0. The Morgan fingerprint density at radius 1 is 1.28 bits per heavy atom. The first-order chi connectivity index (χ1) is 12.1. The number of amides is 1. The zero-order valence-electron chi connectivity index (χ0n) is 14.7. The topological polar surface area (TPSA) is 62.5 Å². The molecule has 4 rings (SSSR count). The van der Waals surface area contributed by atoms with E-state index in [1.165, 1.54) is 0 Å². The van der Waals surface area contributed by atoms with Crippen LogP contribution < -0.4 is 0 Å². The van der Waals surface area contributed by atoms with Gasteiger partial charge < -0.3 is 9.32 Å². The molecule has 0 aromatic carbocycles. The third kappa shape index (κ3) is 3.11. The molecule has 0 spiro atoms. The fourth-order valence-electron chi connectivity index (χ4n) is 4.34. The molecule has 2 fully saturated rings. The highest BCUT2D eigenvalue weighted by atomic mass is 32.1. The van der Waals surface area contributed by atoms with Crippen LogP contribution in [0.5, 0.6) is 0 Å². The average molecular weight is 360 g/mol. The third-order valence-corrected chi connectivity index (χ3v) is 6.38. The maximum Gasteiger partial charge on any atom is 0.257 e. The van der Waals surface area contributed by atoms with Crippen LogP contribution in [0, 0.1) is 0 Å². The van der Waals surface area contributed by atoms with Crippen LogP contribution in [-0.2, 0) is 4.79 Å². The summed E-state index contributed by atoms with van der Waals surface area (Å²) in [5.41, 5.74) is 0. The van der Waals surface area contributed by atoms with E-state index < -0.39 is 0 Å². The number of carbonyl (C=O) groups is 1. The summed E-state index contributed by atoms with van der Waals surface area (Å²) in [6.07, 6.45) is 4.48. The van der Waals surface area contributed by atoms with Crippen molar-refractivity contribution in [2.24, 2.45) is 0 Å². The van der Waals surface area contributed by atoms with Crippen LogP contribution in [0.4, 0.5) is 0 Å². The molecule has 2 aromatic heterocycles. The lowest BCUT2D eigenvalue weighted by Gasteiger charge is -2.36. The predicted molar refractivity (Wildman–Crippen MR) is 96.2 cm³/mol. The Morgan fingerprint density at radius 2 is 2.08 bits per heavy atom. The van der Waals surface area contributed by atoms with E-state index in [1.807, 2.05) is 17.5 Å². The van der Waals surface area contributed by atoms with Crippen LogP contribution >= 0.6 is 11.3 Å². The molecule has 3 atom stereocenters. The van der Waals surface area contributed by atoms with Gasteiger partial charge in [-0.15, -0.1) is 21.5 Å². The molecule has 7 heteroatoms. The minimum absolute atomic E-state index is 0.0723. The first-order valence-electron chi connectivity index (χ1n) is 9.05. The van der Waals surface area contributed by atoms with Crippen molar-refractivity contribution in [1.29, 1.82) is 0 Å². The molecule has 4 heterocycles. The zero-order valence-corrected chi connectivity index (χ0v) is 15.5. The van der Waals surface area contributed by atoms with Crippen molar-refractivity contribution in [3.05, 3.63) is 23.4 Å². The standard InChI is InChI=1S/C18H24N4O2S/c1-12(17-19-20-18(24-17)16-8-5-11-25-16)21-9-3-6-14(21)15-7-4-10-22(15)13(2)23/h5,8,11-12,14-15H,3-4,6-7,9-10H2,1-2H3/t12-,14+,15-/m1/s1. The molecule has 0 saturated carbocycles. The Bertz CT molecular complexity index is 729. The minimum atomic E-state index is 0.0723. The van der Waals surface area contributed by atoms with E-state index in [2.05, 4.69) is 26.9 Å². The second kappa shape index (κ2) is 6.88. The largest absolute Gasteiger partial charge is 0.418 e. The van der Waals surface area contributed by atoms with Crippen LogP contribution in [-0.4, -0.2) is 51.1 Å². The van der Waals surface area contributed by atoms with Crippen molar-refractivity contribution >= 4 is 17.2 Å². The fraction of sp³-hybridized carbons (Fsp3) is 0.611. The molecule has 134 valence electrons. The van der Waals surface area contributed by atoms with E-state index in [0.29, 0.717) is 23.9 Å².